The van der Waals surface area contributed by atoms with Crippen molar-refractivity contribution < 1.29 is 9.84 Å². The van der Waals surface area contributed by atoms with Gasteiger partial charge in [-0.05, 0) is 42.5 Å². The first-order valence-corrected chi connectivity index (χ1v) is 6.71. The van der Waals surface area contributed by atoms with Gasteiger partial charge in [-0.15, -0.1) is 10.2 Å². The van der Waals surface area contributed by atoms with Crippen LogP contribution in [-0.4, -0.2) is 17.2 Å². The summed E-state index contributed by atoms with van der Waals surface area (Å²) < 4.78 is 6.18. The van der Waals surface area contributed by atoms with E-state index < -0.39 is 0 Å². The van der Waals surface area contributed by atoms with Gasteiger partial charge < -0.3 is 9.84 Å². The Morgan fingerprint density at radius 1 is 1.10 bits per heavy atom. The van der Waals surface area contributed by atoms with Gasteiger partial charge in [0.05, 0.1) is 23.0 Å². The summed E-state index contributed by atoms with van der Waals surface area (Å²) in [4.78, 5) is 4.37. The molecule has 20 heavy (non-hydrogen) atoms. The van der Waals surface area contributed by atoms with E-state index in [9.17, 15) is 5.11 Å². The van der Waals surface area contributed by atoms with Crippen LogP contribution in [-0.2, 0) is 0 Å². The number of nitrogens with zero attached hydrogens (tertiary/aromatic N) is 3. The van der Waals surface area contributed by atoms with E-state index in [0.29, 0.717) is 10.8 Å². The Kier molecular flexibility index (Phi) is 3.30. The predicted molar refractivity (Wildman–Crippen MR) is 78.5 cm³/mol. The number of phenols is 1. The van der Waals surface area contributed by atoms with Crippen molar-refractivity contribution >= 4 is 32.4 Å². The number of aromatic hydroxyl groups is 1. The number of aromatic nitrogens is 1. The molecule has 0 aliphatic carbocycles. The minimum atomic E-state index is 0.205. The first-order valence-electron chi connectivity index (χ1n) is 5.90. The third kappa shape index (κ3) is 2.60. The number of benzene rings is 2. The SMILES string of the molecule is COc1ccc2nc(N=Nc3ccc(O)cc3)sc2c1. The van der Waals surface area contributed by atoms with Gasteiger partial charge in [-0.25, -0.2) is 4.98 Å². The third-order valence-corrected chi connectivity index (χ3v) is 3.59. The molecule has 0 bridgehead atoms. The van der Waals surface area contributed by atoms with Crippen LogP contribution >= 0.6 is 11.3 Å². The molecule has 0 aliphatic rings. The maximum atomic E-state index is 9.19. The van der Waals surface area contributed by atoms with Crippen molar-refractivity contribution in [3.05, 3.63) is 42.5 Å². The molecule has 100 valence electrons. The predicted octanol–water partition coefficient (Wildman–Crippen LogP) is 4.43. The summed E-state index contributed by atoms with van der Waals surface area (Å²) >= 11 is 1.45. The van der Waals surface area contributed by atoms with Gasteiger partial charge in [0, 0.05) is 0 Å². The van der Waals surface area contributed by atoms with Gasteiger partial charge in [0.25, 0.3) is 0 Å². The third-order valence-electron chi connectivity index (χ3n) is 2.69. The summed E-state index contributed by atoms with van der Waals surface area (Å²) in [7, 11) is 1.63. The van der Waals surface area contributed by atoms with Crippen molar-refractivity contribution in [2.45, 2.75) is 0 Å². The highest BCUT2D eigenvalue weighted by Gasteiger charge is 2.04. The monoisotopic (exact) mass is 285 g/mol. The zero-order valence-electron chi connectivity index (χ0n) is 10.6. The first-order chi connectivity index (χ1) is 9.74. The topological polar surface area (TPSA) is 67.1 Å². The van der Waals surface area contributed by atoms with Crippen LogP contribution in [0.5, 0.6) is 11.5 Å². The molecular weight excluding hydrogens is 274 g/mol. The quantitative estimate of drug-likeness (QED) is 0.724. The summed E-state index contributed by atoms with van der Waals surface area (Å²) in [5, 5.41) is 18.0. The molecule has 0 amide bonds. The van der Waals surface area contributed by atoms with E-state index >= 15 is 0 Å². The van der Waals surface area contributed by atoms with Gasteiger partial charge in [-0.3, -0.25) is 0 Å². The Hall–Kier alpha value is -2.47. The molecule has 1 N–H and O–H groups in total. The number of hydrogen-bond donors (Lipinski definition) is 1. The molecular formula is C14H11N3O2S. The van der Waals surface area contributed by atoms with Gasteiger partial charge in [0.15, 0.2) is 0 Å². The van der Waals surface area contributed by atoms with Crippen LogP contribution in [0.3, 0.4) is 0 Å². The molecule has 0 saturated carbocycles. The van der Waals surface area contributed by atoms with Crippen LogP contribution in [0.25, 0.3) is 10.2 Å². The van der Waals surface area contributed by atoms with Gasteiger partial charge >= 0.3 is 0 Å². The van der Waals surface area contributed by atoms with E-state index in [-0.39, 0.29) is 5.75 Å². The fraction of sp³-hybridized carbons (Fsp3) is 0.0714. The van der Waals surface area contributed by atoms with Gasteiger partial charge in [-0.2, -0.15) is 0 Å². The van der Waals surface area contributed by atoms with Crippen molar-refractivity contribution in [2.24, 2.45) is 10.2 Å². The molecule has 5 nitrogen and oxygen atoms in total. The molecule has 0 aliphatic heterocycles. The Labute approximate surface area is 119 Å². The smallest absolute Gasteiger partial charge is 0.231 e. The molecule has 0 spiro atoms. The lowest BCUT2D eigenvalue weighted by Crippen LogP contribution is -1.80. The zero-order chi connectivity index (χ0) is 13.9. The second kappa shape index (κ2) is 5.26. The zero-order valence-corrected chi connectivity index (χ0v) is 11.5. The number of rotatable bonds is 3. The van der Waals surface area contributed by atoms with Gasteiger partial charge in [-0.1, -0.05) is 11.3 Å². The van der Waals surface area contributed by atoms with Crippen molar-refractivity contribution in [1.82, 2.24) is 4.98 Å². The molecule has 0 saturated heterocycles. The lowest BCUT2D eigenvalue weighted by Gasteiger charge is -1.96. The normalized spacial score (nSPS) is 11.2. The van der Waals surface area contributed by atoms with Gasteiger partial charge in [0.2, 0.25) is 5.13 Å². The number of thiazole rings is 1. The Morgan fingerprint density at radius 2 is 1.90 bits per heavy atom. The maximum Gasteiger partial charge on any atom is 0.231 e. The van der Waals surface area contributed by atoms with Crippen LogP contribution in [0, 0.1) is 0 Å². The van der Waals surface area contributed by atoms with E-state index in [0.717, 1.165) is 16.0 Å². The summed E-state index contributed by atoms with van der Waals surface area (Å²) in [5.74, 6) is 0.999. The Balaban J connectivity index is 1.88. The van der Waals surface area contributed by atoms with Crippen LogP contribution in [0.1, 0.15) is 0 Å². The van der Waals surface area contributed by atoms with Crippen LogP contribution in [0.4, 0.5) is 10.8 Å². The van der Waals surface area contributed by atoms with E-state index in [2.05, 4.69) is 15.2 Å². The number of ether oxygens (including phenoxy) is 1. The average Bonchev–Trinajstić information content (AvgIpc) is 2.88. The number of methoxy groups -OCH3 is 1. The molecule has 0 radical (unpaired) electrons. The maximum absolute atomic E-state index is 9.19. The van der Waals surface area contributed by atoms with Crippen LogP contribution in [0.2, 0.25) is 0 Å². The van der Waals surface area contributed by atoms with Crippen molar-refractivity contribution in [3.63, 3.8) is 0 Å². The van der Waals surface area contributed by atoms with Crippen molar-refractivity contribution in [3.8, 4) is 11.5 Å². The summed E-state index contributed by atoms with van der Waals surface area (Å²) in [5.41, 5.74) is 1.54. The summed E-state index contributed by atoms with van der Waals surface area (Å²) in [6, 6.07) is 12.2. The number of azo groups is 1. The van der Waals surface area contributed by atoms with E-state index in [4.69, 9.17) is 4.74 Å². The highest BCUT2D eigenvalue weighted by atomic mass is 32.1. The molecule has 1 heterocycles. The van der Waals surface area contributed by atoms with E-state index in [1.165, 1.54) is 11.3 Å². The van der Waals surface area contributed by atoms with E-state index in [1.807, 2.05) is 18.2 Å². The molecule has 0 unspecified atom stereocenters. The highest BCUT2D eigenvalue weighted by Crippen LogP contribution is 2.31. The molecule has 0 fully saturated rings. The second-order valence-electron chi connectivity index (χ2n) is 4.05. The molecule has 0 atom stereocenters. The Bertz CT molecular complexity index is 766. The average molecular weight is 285 g/mol. The molecule has 6 heteroatoms. The standard InChI is InChI=1S/C14H11N3O2S/c1-19-11-6-7-12-13(8-11)20-14(15-12)17-16-9-2-4-10(18)5-3-9/h2-8,18H,1H3. The molecule has 2 aromatic carbocycles. The fourth-order valence-electron chi connectivity index (χ4n) is 1.68. The van der Waals surface area contributed by atoms with Gasteiger partial charge in [0.1, 0.15) is 11.5 Å². The Morgan fingerprint density at radius 3 is 2.65 bits per heavy atom. The van der Waals surface area contributed by atoms with Crippen LogP contribution in [0.15, 0.2) is 52.7 Å². The first kappa shape index (κ1) is 12.6. The van der Waals surface area contributed by atoms with E-state index in [1.54, 1.807) is 31.4 Å². The summed E-state index contributed by atoms with van der Waals surface area (Å²) in [6.45, 7) is 0. The van der Waals surface area contributed by atoms with Crippen LogP contribution < -0.4 is 4.74 Å². The molecule has 1 aromatic heterocycles. The highest BCUT2D eigenvalue weighted by molar-refractivity contribution is 7.21. The fourth-order valence-corrected chi connectivity index (χ4v) is 2.50. The lowest BCUT2D eigenvalue weighted by atomic mass is 10.3. The second-order valence-corrected chi connectivity index (χ2v) is 5.06. The molecule has 3 rings (SSSR count). The largest absolute Gasteiger partial charge is 0.508 e. The molecule has 3 aromatic rings. The lowest BCUT2D eigenvalue weighted by molar-refractivity contribution is 0.415. The number of fused-ring (bicyclic) bond motifs is 1. The van der Waals surface area contributed by atoms with Crippen molar-refractivity contribution in [1.29, 1.82) is 0 Å². The van der Waals surface area contributed by atoms with Crippen molar-refractivity contribution in [2.75, 3.05) is 7.11 Å². The minimum absolute atomic E-state index is 0.205. The summed E-state index contributed by atoms with van der Waals surface area (Å²) in [6.07, 6.45) is 0. The number of hydrogen-bond acceptors (Lipinski definition) is 6. The minimum Gasteiger partial charge on any atom is -0.508 e. The number of phenolic OH excluding ortho intramolecular Hbond substituents is 1.